The maximum Gasteiger partial charge on any atom is 0.308 e. The summed E-state index contributed by atoms with van der Waals surface area (Å²) in [4.78, 5) is 35.7. The van der Waals surface area contributed by atoms with Gasteiger partial charge in [0.15, 0.2) is 6.61 Å². The molecular weight excluding hydrogens is 276 g/mol. The van der Waals surface area contributed by atoms with E-state index in [9.17, 15) is 14.4 Å². The maximum atomic E-state index is 12.2. The van der Waals surface area contributed by atoms with Crippen LogP contribution in [0.4, 0.5) is 5.69 Å². The molecule has 0 spiro atoms. The van der Waals surface area contributed by atoms with Crippen molar-refractivity contribution in [2.24, 2.45) is 5.92 Å². The van der Waals surface area contributed by atoms with Crippen LogP contribution in [0.5, 0.6) is 5.75 Å². The Morgan fingerprint density at radius 2 is 2.19 bits per heavy atom. The molecule has 21 heavy (non-hydrogen) atoms. The molecule has 0 aromatic heterocycles. The number of hydrogen-bond acceptors (Lipinski definition) is 4. The summed E-state index contributed by atoms with van der Waals surface area (Å²) in [5.74, 6) is -1.70. The normalized spacial score (nSPS) is 14.5. The summed E-state index contributed by atoms with van der Waals surface area (Å²) in [5, 5.41) is 11.5. The van der Waals surface area contributed by atoms with Crippen molar-refractivity contribution in [1.82, 2.24) is 4.90 Å². The fourth-order valence-electron chi connectivity index (χ4n) is 2.01. The number of carboxylic acid groups (broad SMARTS) is 1. The number of carboxylic acids is 1. The number of carbonyl (C=O) groups is 3. The average molecular weight is 292 g/mol. The minimum Gasteiger partial charge on any atom is -0.482 e. The molecule has 1 unspecified atom stereocenters. The molecule has 112 valence electrons. The second kappa shape index (κ2) is 5.82. The van der Waals surface area contributed by atoms with Gasteiger partial charge in [0, 0.05) is 19.2 Å². The van der Waals surface area contributed by atoms with Gasteiger partial charge in [-0.15, -0.1) is 0 Å². The maximum absolute atomic E-state index is 12.2. The first-order valence-electron chi connectivity index (χ1n) is 6.43. The lowest BCUT2D eigenvalue weighted by Gasteiger charge is -2.22. The molecule has 1 aromatic rings. The smallest absolute Gasteiger partial charge is 0.308 e. The fourth-order valence-corrected chi connectivity index (χ4v) is 2.01. The number of anilines is 1. The SMILES string of the molecule is CC(CN(C)C(=O)c1ccc2c(c1)NC(=O)CO2)C(=O)O. The van der Waals surface area contributed by atoms with E-state index < -0.39 is 11.9 Å². The van der Waals surface area contributed by atoms with Crippen molar-refractivity contribution in [3.8, 4) is 5.75 Å². The predicted molar refractivity (Wildman–Crippen MR) is 74.3 cm³/mol. The molecule has 0 saturated heterocycles. The third kappa shape index (κ3) is 3.31. The van der Waals surface area contributed by atoms with Gasteiger partial charge in [0.1, 0.15) is 5.75 Å². The number of fused-ring (bicyclic) bond motifs is 1. The molecule has 0 bridgehead atoms. The molecule has 0 aliphatic carbocycles. The highest BCUT2D eigenvalue weighted by Gasteiger charge is 2.21. The predicted octanol–water partition coefficient (Wildman–Crippen LogP) is 0.810. The molecule has 2 amide bonds. The molecule has 0 saturated carbocycles. The summed E-state index contributed by atoms with van der Waals surface area (Å²) in [6.07, 6.45) is 0. The Kier molecular flexibility index (Phi) is 4.11. The van der Waals surface area contributed by atoms with Gasteiger partial charge in [-0.05, 0) is 18.2 Å². The minimum absolute atomic E-state index is 0.0453. The number of hydrogen-bond donors (Lipinski definition) is 2. The Hall–Kier alpha value is -2.57. The van der Waals surface area contributed by atoms with Crippen LogP contribution in [0.3, 0.4) is 0 Å². The zero-order valence-corrected chi connectivity index (χ0v) is 11.8. The summed E-state index contributed by atoms with van der Waals surface area (Å²) < 4.78 is 5.21. The van der Waals surface area contributed by atoms with Crippen molar-refractivity contribution in [2.75, 3.05) is 25.5 Å². The van der Waals surface area contributed by atoms with Crippen LogP contribution in [-0.4, -0.2) is 48.0 Å². The third-order valence-corrected chi connectivity index (χ3v) is 3.18. The third-order valence-electron chi connectivity index (χ3n) is 3.18. The van der Waals surface area contributed by atoms with Gasteiger partial charge in [0.25, 0.3) is 11.8 Å². The standard InChI is InChI=1S/C14H16N2O5/c1-8(14(19)20)6-16(2)13(18)9-3-4-11-10(5-9)15-12(17)7-21-11/h3-5,8H,6-7H2,1-2H3,(H,15,17)(H,19,20). The quantitative estimate of drug-likeness (QED) is 0.856. The van der Waals surface area contributed by atoms with Crippen molar-refractivity contribution >= 4 is 23.5 Å². The number of nitrogens with one attached hydrogen (secondary N) is 1. The number of aliphatic carboxylic acids is 1. The number of carbonyl (C=O) groups excluding carboxylic acids is 2. The monoisotopic (exact) mass is 292 g/mol. The molecule has 1 aliphatic heterocycles. The van der Waals surface area contributed by atoms with Crippen LogP contribution in [0.1, 0.15) is 17.3 Å². The van der Waals surface area contributed by atoms with Crippen molar-refractivity contribution < 1.29 is 24.2 Å². The molecular formula is C14H16N2O5. The molecule has 2 N–H and O–H groups in total. The number of nitrogens with zero attached hydrogens (tertiary/aromatic N) is 1. The molecule has 0 fully saturated rings. The molecule has 0 radical (unpaired) electrons. The van der Waals surface area contributed by atoms with E-state index in [4.69, 9.17) is 9.84 Å². The Balaban J connectivity index is 2.14. The van der Waals surface area contributed by atoms with Crippen LogP contribution in [0.15, 0.2) is 18.2 Å². The van der Waals surface area contributed by atoms with Gasteiger partial charge < -0.3 is 20.1 Å². The first-order chi connectivity index (χ1) is 9.88. The molecule has 1 atom stereocenters. The largest absolute Gasteiger partial charge is 0.482 e. The van der Waals surface area contributed by atoms with Gasteiger partial charge in [-0.2, -0.15) is 0 Å². The number of amides is 2. The average Bonchev–Trinajstić information content (AvgIpc) is 2.45. The first kappa shape index (κ1) is 14.8. The van der Waals surface area contributed by atoms with Crippen LogP contribution in [0.25, 0.3) is 0 Å². The lowest BCUT2D eigenvalue weighted by atomic mass is 10.1. The lowest BCUT2D eigenvalue weighted by Crippen LogP contribution is -2.34. The van der Waals surface area contributed by atoms with Gasteiger partial charge in [0.2, 0.25) is 0 Å². The highest BCUT2D eigenvalue weighted by atomic mass is 16.5. The van der Waals surface area contributed by atoms with Gasteiger partial charge in [-0.3, -0.25) is 14.4 Å². The highest BCUT2D eigenvalue weighted by Crippen LogP contribution is 2.28. The van der Waals surface area contributed by atoms with E-state index in [0.717, 1.165) is 0 Å². The van der Waals surface area contributed by atoms with Crippen LogP contribution < -0.4 is 10.1 Å². The second-order valence-electron chi connectivity index (χ2n) is 4.97. The summed E-state index contributed by atoms with van der Waals surface area (Å²) in [6.45, 7) is 1.59. The van der Waals surface area contributed by atoms with Gasteiger partial charge >= 0.3 is 5.97 Å². The molecule has 1 aromatic carbocycles. The van der Waals surface area contributed by atoms with Crippen molar-refractivity contribution in [2.45, 2.75) is 6.92 Å². The summed E-state index contributed by atoms with van der Waals surface area (Å²) >= 11 is 0. The molecule has 7 nitrogen and oxygen atoms in total. The second-order valence-corrected chi connectivity index (χ2v) is 4.97. The van der Waals surface area contributed by atoms with E-state index in [0.29, 0.717) is 17.0 Å². The number of rotatable bonds is 4. The minimum atomic E-state index is -0.958. The molecule has 7 heteroatoms. The van der Waals surface area contributed by atoms with Crippen LogP contribution in [0.2, 0.25) is 0 Å². The van der Waals surface area contributed by atoms with E-state index in [2.05, 4.69) is 5.32 Å². The Morgan fingerprint density at radius 1 is 1.48 bits per heavy atom. The van der Waals surface area contributed by atoms with Gasteiger partial charge in [-0.1, -0.05) is 6.92 Å². The van der Waals surface area contributed by atoms with E-state index in [-0.39, 0.29) is 25.0 Å². The van der Waals surface area contributed by atoms with Gasteiger partial charge in [0.05, 0.1) is 11.6 Å². The van der Waals surface area contributed by atoms with E-state index >= 15 is 0 Å². The topological polar surface area (TPSA) is 95.9 Å². The Labute approximate surface area is 121 Å². The zero-order valence-electron chi connectivity index (χ0n) is 11.8. The summed E-state index contributed by atoms with van der Waals surface area (Å²) in [7, 11) is 1.54. The summed E-state index contributed by atoms with van der Waals surface area (Å²) in [6, 6.07) is 4.72. The first-order valence-corrected chi connectivity index (χ1v) is 6.43. The van der Waals surface area contributed by atoms with E-state index in [1.54, 1.807) is 12.1 Å². The molecule has 2 rings (SSSR count). The Bertz CT molecular complexity index is 599. The van der Waals surface area contributed by atoms with E-state index in [1.807, 2.05) is 0 Å². The lowest BCUT2D eigenvalue weighted by molar-refractivity contribution is -0.141. The van der Waals surface area contributed by atoms with Crippen LogP contribution >= 0.6 is 0 Å². The fraction of sp³-hybridized carbons (Fsp3) is 0.357. The van der Waals surface area contributed by atoms with E-state index in [1.165, 1.54) is 24.9 Å². The highest BCUT2D eigenvalue weighted by molar-refractivity contribution is 5.99. The van der Waals surface area contributed by atoms with Crippen molar-refractivity contribution in [3.05, 3.63) is 23.8 Å². The van der Waals surface area contributed by atoms with Crippen LogP contribution in [0, 0.1) is 5.92 Å². The van der Waals surface area contributed by atoms with Crippen molar-refractivity contribution in [3.63, 3.8) is 0 Å². The van der Waals surface area contributed by atoms with Gasteiger partial charge in [-0.25, -0.2) is 0 Å². The summed E-state index contributed by atoms with van der Waals surface area (Å²) in [5.41, 5.74) is 0.802. The number of benzene rings is 1. The molecule has 1 heterocycles. The Morgan fingerprint density at radius 3 is 2.86 bits per heavy atom. The zero-order chi connectivity index (χ0) is 15.6. The number of ether oxygens (including phenoxy) is 1. The molecule has 1 aliphatic rings. The van der Waals surface area contributed by atoms with Crippen molar-refractivity contribution in [1.29, 1.82) is 0 Å². The van der Waals surface area contributed by atoms with Crippen LogP contribution in [-0.2, 0) is 9.59 Å².